The Morgan fingerprint density at radius 3 is 2.89 bits per heavy atom. The van der Waals surface area contributed by atoms with Crippen molar-refractivity contribution < 1.29 is 4.42 Å². The number of imidazole rings is 1. The summed E-state index contributed by atoms with van der Waals surface area (Å²) < 4.78 is 7.38. The molecule has 3 heterocycles. The van der Waals surface area contributed by atoms with Crippen molar-refractivity contribution in [1.29, 1.82) is 0 Å². The molecule has 0 aliphatic heterocycles. The average molecular weight is 276 g/mol. The maximum Gasteiger partial charge on any atom is 0.262 e. The lowest BCUT2D eigenvalue weighted by atomic mass is 10.4. The number of nitrogens with zero attached hydrogens (tertiary/aromatic N) is 4. The molecule has 98 valence electrons. The summed E-state index contributed by atoms with van der Waals surface area (Å²) in [4.78, 5) is 13.0. The van der Waals surface area contributed by atoms with Crippen LogP contribution in [0.25, 0.3) is 5.65 Å². The van der Waals surface area contributed by atoms with E-state index >= 15 is 0 Å². The van der Waals surface area contributed by atoms with Crippen LogP contribution in [0.3, 0.4) is 0 Å². The van der Waals surface area contributed by atoms with Gasteiger partial charge in [-0.25, -0.2) is 20.8 Å². The van der Waals surface area contributed by atoms with Crippen molar-refractivity contribution in [3.63, 3.8) is 0 Å². The van der Waals surface area contributed by atoms with Gasteiger partial charge in [-0.2, -0.15) is 0 Å². The van der Waals surface area contributed by atoms with Gasteiger partial charge in [0, 0.05) is 12.4 Å². The number of hydrogen-bond donors (Lipinski definition) is 2. The smallest absolute Gasteiger partial charge is 0.262 e. The lowest BCUT2D eigenvalue weighted by Gasteiger charge is -2.04. The Hall–Kier alpha value is -2.06. The van der Waals surface area contributed by atoms with Crippen LogP contribution in [0.15, 0.2) is 33.3 Å². The summed E-state index contributed by atoms with van der Waals surface area (Å²) in [5, 5.41) is 1.23. The molecule has 3 N–H and O–H groups in total. The maximum atomic E-state index is 5.54. The third kappa shape index (κ3) is 2.15. The molecule has 0 bridgehead atoms. The zero-order valence-corrected chi connectivity index (χ0v) is 11.2. The number of nitrogen functional groups attached to an aromatic ring is 1. The molecule has 0 aliphatic carbocycles. The van der Waals surface area contributed by atoms with E-state index in [2.05, 4.69) is 20.4 Å². The molecule has 3 aromatic rings. The second-order valence-electron chi connectivity index (χ2n) is 3.96. The van der Waals surface area contributed by atoms with Crippen molar-refractivity contribution >= 4 is 23.2 Å². The van der Waals surface area contributed by atoms with Gasteiger partial charge in [0.05, 0.1) is 11.9 Å². The average Bonchev–Trinajstić information content (AvgIpc) is 2.97. The number of nitrogens with two attached hydrogens (primary N) is 1. The molecule has 19 heavy (non-hydrogen) atoms. The zero-order chi connectivity index (χ0) is 13.4. The van der Waals surface area contributed by atoms with E-state index in [1.165, 1.54) is 11.8 Å². The minimum atomic E-state index is 0.543. The summed E-state index contributed by atoms with van der Waals surface area (Å²) in [6, 6.07) is 0. The van der Waals surface area contributed by atoms with E-state index in [-0.39, 0.29) is 0 Å². The van der Waals surface area contributed by atoms with Crippen LogP contribution in [0, 0.1) is 13.8 Å². The SMILES string of the molecule is Cc1nc(Sc2nc(NN)cn3ccnc23)oc1C. The Balaban J connectivity index is 2.05. The number of hydrogen-bond acceptors (Lipinski definition) is 7. The summed E-state index contributed by atoms with van der Waals surface area (Å²) in [5.74, 6) is 6.76. The predicted octanol–water partition coefficient (Wildman–Crippen LogP) is 1.77. The first-order chi connectivity index (χ1) is 9.17. The molecule has 0 saturated carbocycles. The molecule has 3 aromatic heterocycles. The molecule has 0 saturated heterocycles. The highest BCUT2D eigenvalue weighted by molar-refractivity contribution is 7.99. The van der Waals surface area contributed by atoms with Crippen molar-refractivity contribution in [2.45, 2.75) is 24.1 Å². The Bertz CT molecular complexity index is 714. The standard InChI is InChI=1S/C11H12N6OS/c1-6-7(2)18-11(14-6)19-10-9-13-3-4-17(9)5-8(15-10)16-12/h3-5,16H,12H2,1-2H3. The largest absolute Gasteiger partial charge is 0.436 e. The number of aryl methyl sites for hydroxylation is 2. The number of aromatic nitrogens is 4. The summed E-state index contributed by atoms with van der Waals surface area (Å²) >= 11 is 1.32. The molecule has 0 radical (unpaired) electrons. The van der Waals surface area contributed by atoms with E-state index < -0.39 is 0 Å². The maximum absolute atomic E-state index is 5.54. The van der Waals surface area contributed by atoms with Gasteiger partial charge in [0.2, 0.25) is 0 Å². The van der Waals surface area contributed by atoms with Crippen LogP contribution in [0.4, 0.5) is 5.82 Å². The number of hydrazine groups is 1. The molecule has 0 aromatic carbocycles. The molecule has 8 heteroatoms. The Morgan fingerprint density at radius 2 is 2.21 bits per heavy atom. The molecular weight excluding hydrogens is 264 g/mol. The van der Waals surface area contributed by atoms with E-state index in [0.29, 0.717) is 16.1 Å². The summed E-state index contributed by atoms with van der Waals surface area (Å²) in [7, 11) is 0. The summed E-state index contributed by atoms with van der Waals surface area (Å²) in [6.07, 6.45) is 5.29. The molecule has 7 nitrogen and oxygen atoms in total. The topological polar surface area (TPSA) is 94.3 Å². The van der Waals surface area contributed by atoms with E-state index in [0.717, 1.165) is 17.1 Å². The van der Waals surface area contributed by atoms with Crippen LogP contribution >= 0.6 is 11.8 Å². The second-order valence-corrected chi connectivity index (χ2v) is 4.90. The lowest BCUT2D eigenvalue weighted by Crippen LogP contribution is -2.10. The number of rotatable bonds is 3. The fraction of sp³-hybridized carbons (Fsp3) is 0.182. The molecule has 0 aliphatic rings. The van der Waals surface area contributed by atoms with E-state index in [9.17, 15) is 0 Å². The highest BCUT2D eigenvalue weighted by Crippen LogP contribution is 2.30. The molecule has 3 rings (SSSR count). The number of fused-ring (bicyclic) bond motifs is 1. The minimum absolute atomic E-state index is 0.543. The van der Waals surface area contributed by atoms with E-state index in [1.807, 2.05) is 24.4 Å². The summed E-state index contributed by atoms with van der Waals surface area (Å²) in [5.41, 5.74) is 4.13. The van der Waals surface area contributed by atoms with Crippen LogP contribution < -0.4 is 11.3 Å². The minimum Gasteiger partial charge on any atom is -0.436 e. The molecule has 0 spiro atoms. The second kappa shape index (κ2) is 4.56. The molecule has 0 atom stereocenters. The highest BCUT2D eigenvalue weighted by Gasteiger charge is 2.13. The molecule has 0 fully saturated rings. The van der Waals surface area contributed by atoms with E-state index in [1.54, 1.807) is 12.4 Å². The predicted molar refractivity (Wildman–Crippen MR) is 70.9 cm³/mol. The van der Waals surface area contributed by atoms with Gasteiger partial charge < -0.3 is 14.2 Å². The third-order valence-corrected chi connectivity index (χ3v) is 3.50. The lowest BCUT2D eigenvalue weighted by molar-refractivity contribution is 0.431. The Labute approximate surface area is 113 Å². The van der Waals surface area contributed by atoms with Crippen molar-refractivity contribution in [3.8, 4) is 0 Å². The number of nitrogens with one attached hydrogen (secondary N) is 1. The van der Waals surface area contributed by atoms with Gasteiger partial charge >= 0.3 is 0 Å². The quantitative estimate of drug-likeness (QED) is 0.556. The molecule has 0 unspecified atom stereocenters. The van der Waals surface area contributed by atoms with Crippen LogP contribution in [0.1, 0.15) is 11.5 Å². The van der Waals surface area contributed by atoms with Crippen molar-refractivity contribution in [2.24, 2.45) is 5.84 Å². The van der Waals surface area contributed by atoms with Gasteiger partial charge in [-0.15, -0.1) is 0 Å². The normalized spacial score (nSPS) is 11.1. The molecular formula is C11H12N6OS. The van der Waals surface area contributed by atoms with Crippen LogP contribution in [0.5, 0.6) is 0 Å². The first-order valence-electron chi connectivity index (χ1n) is 5.59. The highest BCUT2D eigenvalue weighted by atomic mass is 32.2. The van der Waals surface area contributed by atoms with Gasteiger partial charge in [0.25, 0.3) is 5.22 Å². The monoisotopic (exact) mass is 276 g/mol. The van der Waals surface area contributed by atoms with Gasteiger partial charge in [-0.1, -0.05) is 0 Å². The Kier molecular flexibility index (Phi) is 2.88. The Morgan fingerprint density at radius 1 is 1.37 bits per heavy atom. The molecule has 0 amide bonds. The van der Waals surface area contributed by atoms with Crippen LogP contribution in [-0.4, -0.2) is 19.4 Å². The third-order valence-electron chi connectivity index (χ3n) is 2.68. The number of anilines is 1. The van der Waals surface area contributed by atoms with E-state index in [4.69, 9.17) is 10.3 Å². The van der Waals surface area contributed by atoms with Crippen molar-refractivity contribution in [2.75, 3.05) is 5.43 Å². The fourth-order valence-electron chi connectivity index (χ4n) is 1.61. The van der Waals surface area contributed by atoms with Crippen molar-refractivity contribution in [3.05, 3.63) is 30.0 Å². The first kappa shape index (κ1) is 12.0. The van der Waals surface area contributed by atoms with Gasteiger partial charge in [0.1, 0.15) is 5.76 Å². The summed E-state index contributed by atoms with van der Waals surface area (Å²) in [6.45, 7) is 3.78. The van der Waals surface area contributed by atoms with Crippen LogP contribution in [-0.2, 0) is 0 Å². The van der Waals surface area contributed by atoms with Crippen molar-refractivity contribution in [1.82, 2.24) is 19.4 Å². The van der Waals surface area contributed by atoms with Gasteiger partial charge in [0.15, 0.2) is 16.5 Å². The van der Waals surface area contributed by atoms with Gasteiger partial charge in [-0.05, 0) is 25.6 Å². The van der Waals surface area contributed by atoms with Crippen LogP contribution in [0.2, 0.25) is 0 Å². The van der Waals surface area contributed by atoms with Gasteiger partial charge in [-0.3, -0.25) is 0 Å². The zero-order valence-electron chi connectivity index (χ0n) is 10.4. The fourth-order valence-corrected chi connectivity index (χ4v) is 2.52. The number of oxazole rings is 1. The first-order valence-corrected chi connectivity index (χ1v) is 6.41.